The average molecular weight is 708 g/mol. The van der Waals surface area contributed by atoms with Crippen molar-refractivity contribution in [2.45, 2.75) is 71.3 Å². The Balaban J connectivity index is 1.64. The predicted molar refractivity (Wildman–Crippen MR) is 198 cm³/mol. The Morgan fingerprint density at radius 2 is 1.09 bits per heavy atom. The summed E-state index contributed by atoms with van der Waals surface area (Å²) >= 11 is 4.59. The van der Waals surface area contributed by atoms with Crippen LogP contribution in [-0.4, -0.2) is 41.4 Å². The molecule has 0 spiro atoms. The van der Waals surface area contributed by atoms with Gasteiger partial charge < -0.3 is 9.47 Å². The number of benzene rings is 4. The van der Waals surface area contributed by atoms with Crippen LogP contribution in [0.25, 0.3) is 0 Å². The van der Waals surface area contributed by atoms with E-state index in [9.17, 15) is 5.11 Å². The van der Waals surface area contributed by atoms with Gasteiger partial charge in [-0.3, -0.25) is 0 Å². The Bertz CT molecular complexity index is 1370. The molecule has 4 rings (SSSR count). The minimum absolute atomic E-state index is 0.0600. The molecule has 0 heterocycles. The number of unbranched alkanes of at least 4 members (excludes halogenated alkanes) is 5. The van der Waals surface area contributed by atoms with Crippen LogP contribution in [0.5, 0.6) is 11.5 Å². The topological polar surface area (TPSA) is 47.9 Å². The van der Waals surface area contributed by atoms with Crippen molar-refractivity contribution in [2.24, 2.45) is 0 Å². The summed E-state index contributed by atoms with van der Waals surface area (Å²) < 4.78 is 17.3. The van der Waals surface area contributed by atoms with Crippen LogP contribution in [-0.2, 0) is 9.47 Å². The molecule has 7 heteroatoms. The van der Waals surface area contributed by atoms with Gasteiger partial charge in [0.05, 0.1) is 0 Å². The van der Waals surface area contributed by atoms with Crippen LogP contribution >= 0.6 is 20.8 Å². The first-order valence-electron chi connectivity index (χ1n) is 15.9. The molecule has 45 heavy (non-hydrogen) atoms. The van der Waals surface area contributed by atoms with E-state index >= 15 is 0 Å². The van der Waals surface area contributed by atoms with Gasteiger partial charge in [-0.1, -0.05) is 0 Å². The Hall–Kier alpha value is -2.47. The number of methoxy groups -OCH3 is 2. The average Bonchev–Trinajstić information content (AvgIpc) is 3.05. The monoisotopic (exact) mass is 706 g/mol. The van der Waals surface area contributed by atoms with Crippen LogP contribution in [0.2, 0.25) is 6.04 Å². The fourth-order valence-corrected chi connectivity index (χ4v) is 14.7. The SMILES string of the molecule is COC(OC)[Si]CCCCCCCCOc1ccc(O)cc1P(Br)(c1ccc(C)cc1)(c1ccc(C)cc1)c1ccc(C)cc1. The van der Waals surface area contributed by atoms with E-state index in [-0.39, 0.29) is 11.7 Å². The minimum atomic E-state index is -3.58. The Kier molecular flexibility index (Phi) is 12.9. The summed E-state index contributed by atoms with van der Waals surface area (Å²) in [7, 11) is 4.10. The first kappa shape index (κ1) is 35.4. The molecule has 4 aromatic rings. The summed E-state index contributed by atoms with van der Waals surface area (Å²) in [5, 5.41) is 11.9. The number of hydrogen-bond donors (Lipinski definition) is 1. The van der Waals surface area contributed by atoms with Gasteiger partial charge in [0.1, 0.15) is 5.91 Å². The summed E-state index contributed by atoms with van der Waals surface area (Å²) in [4.78, 5) is 0. The quantitative estimate of drug-likeness (QED) is 0.0521. The summed E-state index contributed by atoms with van der Waals surface area (Å²) in [6.07, 6.45) is 6.98. The predicted octanol–water partition coefficient (Wildman–Crippen LogP) is 8.20. The Morgan fingerprint density at radius 3 is 1.56 bits per heavy atom. The van der Waals surface area contributed by atoms with Crippen molar-refractivity contribution in [3.8, 4) is 11.5 Å². The number of hydrogen-bond acceptors (Lipinski definition) is 4. The molecule has 4 aromatic carbocycles. The summed E-state index contributed by atoms with van der Waals surface area (Å²) in [6, 6.07) is 33.2. The third kappa shape index (κ3) is 8.09. The molecule has 0 saturated carbocycles. The molecular formula is C38H48BrO4PSi. The Labute approximate surface area is 281 Å². The van der Waals surface area contributed by atoms with Gasteiger partial charge in [0.15, 0.2) is 0 Å². The van der Waals surface area contributed by atoms with Gasteiger partial charge in [-0.05, 0) is 0 Å². The van der Waals surface area contributed by atoms with Gasteiger partial charge in [-0.15, -0.1) is 0 Å². The Morgan fingerprint density at radius 1 is 0.644 bits per heavy atom. The third-order valence-electron chi connectivity index (χ3n) is 8.52. The van der Waals surface area contributed by atoms with Crippen LogP contribution in [0.4, 0.5) is 0 Å². The van der Waals surface area contributed by atoms with E-state index in [4.69, 9.17) is 14.2 Å². The zero-order valence-electron chi connectivity index (χ0n) is 27.4. The number of halogens is 1. The second-order valence-electron chi connectivity index (χ2n) is 11.9. The van der Waals surface area contributed by atoms with Gasteiger partial charge >= 0.3 is 253 Å². The van der Waals surface area contributed by atoms with Crippen molar-refractivity contribution in [3.05, 3.63) is 108 Å². The number of ether oxygens (including phenoxy) is 3. The molecule has 0 aliphatic rings. The van der Waals surface area contributed by atoms with Gasteiger partial charge in [0, 0.05) is 14.2 Å². The van der Waals surface area contributed by atoms with Crippen molar-refractivity contribution in [1.82, 2.24) is 0 Å². The molecule has 0 unspecified atom stereocenters. The van der Waals surface area contributed by atoms with E-state index < -0.39 is 5.31 Å². The fraction of sp³-hybridized carbons (Fsp3) is 0.368. The van der Waals surface area contributed by atoms with E-state index in [1.54, 1.807) is 20.3 Å². The molecule has 2 radical (unpaired) electrons. The molecule has 4 nitrogen and oxygen atoms in total. The molecule has 0 aliphatic heterocycles. The van der Waals surface area contributed by atoms with E-state index in [1.165, 1.54) is 42.4 Å². The van der Waals surface area contributed by atoms with Crippen molar-refractivity contribution in [1.29, 1.82) is 0 Å². The summed E-state index contributed by atoms with van der Waals surface area (Å²) in [5.41, 5.74) is 3.60. The van der Waals surface area contributed by atoms with Crippen molar-refractivity contribution in [2.75, 3.05) is 20.8 Å². The van der Waals surface area contributed by atoms with Crippen LogP contribution in [0.3, 0.4) is 0 Å². The molecule has 0 bridgehead atoms. The van der Waals surface area contributed by atoms with Crippen molar-refractivity contribution < 1.29 is 19.3 Å². The standard InChI is InChI=1S/C38H48BrO4PSi/c1-29-12-19-33(20-13-29)44(39,34-21-14-30(2)15-22-34,35-23-16-31(3)17-24-35)37-28-32(40)18-25-36(37)43-26-10-8-6-7-9-11-27-45-38(41-4)42-5/h12-25,28,38,40H,6-11,26-27H2,1-5H3. The molecule has 0 saturated heterocycles. The van der Waals surface area contributed by atoms with E-state index in [0.717, 1.165) is 45.9 Å². The van der Waals surface area contributed by atoms with E-state index in [1.807, 2.05) is 12.1 Å². The molecule has 0 amide bonds. The molecule has 0 aliphatic carbocycles. The first-order valence-corrected chi connectivity index (χ1v) is 21.5. The maximum absolute atomic E-state index is 11.0. The molecule has 240 valence electrons. The molecular weight excluding hydrogens is 659 g/mol. The zero-order chi connectivity index (χ0) is 32.3. The third-order valence-corrected chi connectivity index (χ3v) is 19.9. The van der Waals surface area contributed by atoms with Gasteiger partial charge in [-0.25, -0.2) is 0 Å². The maximum atomic E-state index is 11.0. The molecule has 1 N–H and O–H groups in total. The number of rotatable bonds is 17. The van der Waals surface area contributed by atoms with E-state index in [0.29, 0.717) is 16.1 Å². The number of aryl methyl sites for hydroxylation is 3. The summed E-state index contributed by atoms with van der Waals surface area (Å²) in [6.45, 7) is 6.97. The van der Waals surface area contributed by atoms with Crippen LogP contribution in [0, 0.1) is 20.8 Å². The van der Waals surface area contributed by atoms with Crippen LogP contribution in [0.15, 0.2) is 91.0 Å². The fourth-order valence-electron chi connectivity index (χ4n) is 5.89. The van der Waals surface area contributed by atoms with Crippen molar-refractivity contribution >= 4 is 51.5 Å². The normalized spacial score (nSPS) is 12.6. The van der Waals surface area contributed by atoms with Crippen LogP contribution < -0.4 is 26.0 Å². The molecule has 0 atom stereocenters. The van der Waals surface area contributed by atoms with Gasteiger partial charge in [-0.2, -0.15) is 0 Å². The van der Waals surface area contributed by atoms with E-state index in [2.05, 4.69) is 109 Å². The zero-order valence-corrected chi connectivity index (χ0v) is 30.9. The van der Waals surface area contributed by atoms with Crippen molar-refractivity contribution in [3.63, 3.8) is 0 Å². The molecule has 0 aromatic heterocycles. The van der Waals surface area contributed by atoms with Gasteiger partial charge in [0.2, 0.25) is 0 Å². The number of phenols is 1. The van der Waals surface area contributed by atoms with Gasteiger partial charge in [0.25, 0.3) is 0 Å². The second kappa shape index (κ2) is 16.4. The second-order valence-corrected chi connectivity index (χ2v) is 21.6. The molecule has 0 fully saturated rings. The number of phenolic OH excluding ortho intramolecular Hbond substituents is 1. The first-order chi connectivity index (χ1) is 21.7. The summed E-state index contributed by atoms with van der Waals surface area (Å²) in [5.74, 6) is 0.964. The number of aromatic hydroxyl groups is 1. The van der Waals surface area contributed by atoms with Crippen LogP contribution in [0.1, 0.15) is 55.2 Å².